The van der Waals surface area contributed by atoms with Gasteiger partial charge < -0.3 is 20.2 Å². The van der Waals surface area contributed by atoms with E-state index in [1.54, 1.807) is 14.0 Å². The molecule has 0 bridgehead atoms. The van der Waals surface area contributed by atoms with Gasteiger partial charge in [0, 0.05) is 20.5 Å². The third-order valence-corrected chi connectivity index (χ3v) is 4.80. The first-order chi connectivity index (χ1) is 13.6. The van der Waals surface area contributed by atoms with E-state index in [9.17, 15) is 19.2 Å². The van der Waals surface area contributed by atoms with Crippen LogP contribution in [0.25, 0.3) is 0 Å². The summed E-state index contributed by atoms with van der Waals surface area (Å²) >= 11 is 0. The molecule has 2 N–H and O–H groups in total. The summed E-state index contributed by atoms with van der Waals surface area (Å²) in [4.78, 5) is 51.3. The van der Waals surface area contributed by atoms with Gasteiger partial charge in [0.25, 0.3) is 0 Å². The monoisotopic (exact) mass is 411 g/mol. The molecule has 166 valence electrons. The minimum atomic E-state index is -1.12. The smallest absolute Gasteiger partial charge is 0.323 e. The zero-order valence-electron chi connectivity index (χ0n) is 18.6. The van der Waals surface area contributed by atoms with Crippen molar-refractivity contribution < 1.29 is 24.3 Å². The molecule has 0 aromatic heterocycles. The molecule has 0 heterocycles. The molecule has 0 saturated heterocycles. The molecule has 0 aliphatic heterocycles. The van der Waals surface area contributed by atoms with Crippen LogP contribution in [0.2, 0.25) is 0 Å². The van der Waals surface area contributed by atoms with Gasteiger partial charge in [-0.3, -0.25) is 19.2 Å². The average molecular weight is 412 g/mol. The largest absolute Gasteiger partial charge is 0.480 e. The number of allylic oxidation sites excluding steroid dienone is 2. The highest BCUT2D eigenvalue weighted by Crippen LogP contribution is 2.17. The molecule has 3 amide bonds. The maximum Gasteiger partial charge on any atom is 0.323 e. The number of rotatable bonds is 13. The maximum atomic E-state index is 13.0. The van der Waals surface area contributed by atoms with E-state index >= 15 is 0 Å². The molecular formula is C21H37N3O5. The predicted molar refractivity (Wildman–Crippen MR) is 112 cm³/mol. The molecule has 0 radical (unpaired) electrons. The highest BCUT2D eigenvalue weighted by atomic mass is 16.4. The highest BCUT2D eigenvalue weighted by Gasteiger charge is 2.31. The third-order valence-electron chi connectivity index (χ3n) is 4.80. The minimum absolute atomic E-state index is 0.117. The van der Waals surface area contributed by atoms with Gasteiger partial charge >= 0.3 is 5.97 Å². The molecular weight excluding hydrogens is 374 g/mol. The summed E-state index contributed by atoms with van der Waals surface area (Å²) in [6.45, 7) is 7.15. The Hall–Kier alpha value is -2.38. The van der Waals surface area contributed by atoms with Crippen LogP contribution < -0.4 is 5.32 Å². The van der Waals surface area contributed by atoms with Gasteiger partial charge in [-0.25, -0.2) is 0 Å². The van der Waals surface area contributed by atoms with Gasteiger partial charge in [0.05, 0.1) is 0 Å². The fourth-order valence-electron chi connectivity index (χ4n) is 3.00. The Morgan fingerprint density at radius 3 is 2.24 bits per heavy atom. The first-order valence-corrected chi connectivity index (χ1v) is 10.2. The van der Waals surface area contributed by atoms with Gasteiger partial charge in [-0.2, -0.15) is 0 Å². The molecule has 0 spiro atoms. The van der Waals surface area contributed by atoms with E-state index in [0.29, 0.717) is 25.7 Å². The van der Waals surface area contributed by atoms with E-state index in [-0.39, 0.29) is 11.8 Å². The summed E-state index contributed by atoms with van der Waals surface area (Å²) in [5, 5.41) is 11.6. The number of carboxylic acids is 1. The number of carbonyl (C=O) groups is 4. The number of amides is 3. The molecule has 0 saturated carbocycles. The van der Waals surface area contributed by atoms with Gasteiger partial charge in [-0.1, -0.05) is 32.9 Å². The number of nitrogens with zero attached hydrogens (tertiary/aromatic N) is 2. The summed E-state index contributed by atoms with van der Waals surface area (Å²) < 4.78 is 0. The van der Waals surface area contributed by atoms with Crippen LogP contribution in [-0.2, 0) is 19.2 Å². The molecule has 3 atom stereocenters. The summed E-state index contributed by atoms with van der Waals surface area (Å²) in [6, 6.07) is -1.53. The molecule has 1 unspecified atom stereocenters. The third kappa shape index (κ3) is 9.58. The average Bonchev–Trinajstić information content (AvgIpc) is 2.66. The van der Waals surface area contributed by atoms with Crippen LogP contribution in [0.1, 0.15) is 59.8 Å². The lowest BCUT2D eigenvalue weighted by Gasteiger charge is -2.31. The van der Waals surface area contributed by atoms with Gasteiger partial charge in [0.2, 0.25) is 17.7 Å². The first kappa shape index (κ1) is 26.6. The van der Waals surface area contributed by atoms with E-state index in [1.807, 2.05) is 32.9 Å². The van der Waals surface area contributed by atoms with Gasteiger partial charge in [-0.05, 0) is 38.5 Å². The first-order valence-electron chi connectivity index (χ1n) is 10.2. The van der Waals surface area contributed by atoms with Crippen LogP contribution in [-0.4, -0.2) is 71.3 Å². The van der Waals surface area contributed by atoms with E-state index < -0.39 is 36.4 Å². The zero-order chi connectivity index (χ0) is 22.6. The molecule has 0 aromatic carbocycles. The maximum absolute atomic E-state index is 13.0. The summed E-state index contributed by atoms with van der Waals surface area (Å²) in [7, 11) is 3.00. The Morgan fingerprint density at radius 2 is 1.76 bits per heavy atom. The number of nitrogens with one attached hydrogen (secondary N) is 1. The van der Waals surface area contributed by atoms with Crippen molar-refractivity contribution in [1.29, 1.82) is 0 Å². The minimum Gasteiger partial charge on any atom is -0.480 e. The fraction of sp³-hybridized carbons (Fsp3) is 0.714. The molecule has 8 nitrogen and oxygen atoms in total. The number of aliphatic carboxylic acids is 1. The van der Waals surface area contributed by atoms with E-state index in [2.05, 4.69) is 5.32 Å². The SMILES string of the molecule is C/C=C/C[C@@H](C)CC(C(=O)N[C@@H](CC)C(=O)N(C)CC(=O)O)N(C)C(=O)CCC. The topological polar surface area (TPSA) is 107 Å². The van der Waals surface area contributed by atoms with Crippen molar-refractivity contribution in [3.63, 3.8) is 0 Å². The van der Waals surface area contributed by atoms with Crippen molar-refractivity contribution >= 4 is 23.7 Å². The Balaban J connectivity index is 5.40. The van der Waals surface area contributed by atoms with Crippen LogP contribution in [0, 0.1) is 5.92 Å². The summed E-state index contributed by atoms with van der Waals surface area (Å²) in [6.07, 6.45) is 6.57. The Morgan fingerprint density at radius 1 is 1.14 bits per heavy atom. The molecule has 29 heavy (non-hydrogen) atoms. The van der Waals surface area contributed by atoms with Crippen LogP contribution in [0.4, 0.5) is 0 Å². The summed E-state index contributed by atoms with van der Waals surface area (Å²) in [5.41, 5.74) is 0. The van der Waals surface area contributed by atoms with Crippen LogP contribution in [0.5, 0.6) is 0 Å². The van der Waals surface area contributed by atoms with Crippen molar-refractivity contribution in [2.45, 2.75) is 71.9 Å². The van der Waals surface area contributed by atoms with Gasteiger partial charge in [0.1, 0.15) is 18.6 Å². The van der Waals surface area contributed by atoms with Gasteiger partial charge in [-0.15, -0.1) is 0 Å². The molecule has 0 rings (SSSR count). The number of likely N-dealkylation sites (N-methyl/N-ethyl adjacent to an activating group) is 2. The number of hydrogen-bond donors (Lipinski definition) is 2. The predicted octanol–water partition coefficient (Wildman–Crippen LogP) is 2.04. The van der Waals surface area contributed by atoms with Crippen LogP contribution in [0.3, 0.4) is 0 Å². The summed E-state index contributed by atoms with van der Waals surface area (Å²) in [5.74, 6) is -1.93. The van der Waals surface area contributed by atoms with Crippen molar-refractivity contribution in [2.75, 3.05) is 20.6 Å². The Kier molecular flexibility index (Phi) is 12.6. The van der Waals surface area contributed by atoms with Crippen molar-refractivity contribution in [1.82, 2.24) is 15.1 Å². The van der Waals surface area contributed by atoms with Crippen molar-refractivity contribution in [3.05, 3.63) is 12.2 Å². The van der Waals surface area contributed by atoms with Gasteiger partial charge in [0.15, 0.2) is 0 Å². The number of carboxylic acid groups (broad SMARTS) is 1. The second-order valence-corrected chi connectivity index (χ2v) is 7.47. The van der Waals surface area contributed by atoms with E-state index in [0.717, 1.165) is 11.3 Å². The molecule has 8 heteroatoms. The second kappa shape index (κ2) is 13.7. The molecule has 0 fully saturated rings. The molecule has 0 aromatic rings. The van der Waals surface area contributed by atoms with Crippen molar-refractivity contribution in [2.24, 2.45) is 5.92 Å². The van der Waals surface area contributed by atoms with E-state index in [4.69, 9.17) is 5.11 Å². The quantitative estimate of drug-likeness (QED) is 0.451. The normalized spacial score (nSPS) is 14.1. The Bertz CT molecular complexity index is 591. The number of carbonyl (C=O) groups excluding carboxylic acids is 3. The lowest BCUT2D eigenvalue weighted by Crippen LogP contribution is -2.54. The van der Waals surface area contributed by atoms with Crippen LogP contribution in [0.15, 0.2) is 12.2 Å². The van der Waals surface area contributed by atoms with E-state index in [1.165, 1.54) is 11.9 Å². The fourth-order valence-corrected chi connectivity index (χ4v) is 3.00. The lowest BCUT2D eigenvalue weighted by atomic mass is 9.96. The molecule has 0 aliphatic carbocycles. The van der Waals surface area contributed by atoms with Crippen LogP contribution >= 0.6 is 0 Å². The van der Waals surface area contributed by atoms with Crippen molar-refractivity contribution in [3.8, 4) is 0 Å². The highest BCUT2D eigenvalue weighted by molar-refractivity contribution is 5.92. The lowest BCUT2D eigenvalue weighted by molar-refractivity contribution is -0.145. The standard InChI is InChI=1S/C21H37N3O5/c1-7-10-12-15(4)13-17(24(6)18(25)11-8-2)20(28)22-16(9-3)21(29)23(5)14-19(26)27/h7,10,15-17H,8-9,11-14H2,1-6H3,(H,22,28)(H,26,27)/b10-7+/t15-,16+,17?/m1/s1. The zero-order valence-corrected chi connectivity index (χ0v) is 18.6. The second-order valence-electron chi connectivity index (χ2n) is 7.47. The Labute approximate surface area is 174 Å². The molecule has 0 aliphatic rings. The number of hydrogen-bond acceptors (Lipinski definition) is 4.